The minimum Gasteiger partial charge on any atom is -0.369 e. The first-order valence-electron chi connectivity index (χ1n) is 39.0. The Labute approximate surface area is 771 Å². The number of halogens is 5. The Morgan fingerprint density at radius 3 is 1.31 bits per heavy atom. The molecule has 21 rings (SSSR count). The minimum absolute atomic E-state index is 0.0152. The number of aromatic amines is 3. The van der Waals surface area contributed by atoms with Gasteiger partial charge in [0, 0.05) is 37.9 Å². The SMILES string of the molecule is Nc1nc2c(ncn2[C@@H]2O[C@@H]3COP(O)(=S)O[C@H]4C[C@H](c5cnc6n5N=CCC6=O)O[C@@H]4COP(=O)(S)O[C@@H]2[C@@H]3F)c(=O)[nH]1.Nc1nc2c(ncn2[C@@H]2O[C@@H]3COP(O)(=S)O[C@H]4[C@H](F)[C@H](n5cnc6c5N=CCC6=O)O[C@@H]4COP(O)(=S)O[C@@H]2[C@H]3F)c(=O)[nH]1.Nc1nc2c(ncn2[C@@H]2O[C@@H]3COP(O)(=S)O[C@H]4[C@H](F)[C@H](n5nnc6c5N=CCC6=O)O[C@@H]4COP(O)(=S)O[C@@H]2[C@H]3F)c(=O)[nH]1. The summed E-state index contributed by atoms with van der Waals surface area (Å²) in [4.78, 5) is 175. The number of alkyl halides is 5. The van der Waals surface area contributed by atoms with E-state index in [2.05, 4.69) is 92.5 Å². The number of thiol groups is 1. The van der Waals surface area contributed by atoms with Gasteiger partial charge in [-0.3, -0.25) is 89.1 Å². The summed E-state index contributed by atoms with van der Waals surface area (Å²) >= 11 is 29.8. The van der Waals surface area contributed by atoms with E-state index in [0.29, 0.717) is 5.69 Å². The van der Waals surface area contributed by atoms with Gasteiger partial charge >= 0.3 is 40.4 Å². The second-order valence-electron chi connectivity index (χ2n) is 30.5. The van der Waals surface area contributed by atoms with E-state index in [9.17, 15) is 57.8 Å². The Kier molecular flexibility index (Phi) is 26.1. The number of aliphatic imine (C=N–C) groups is 2. The summed E-state index contributed by atoms with van der Waals surface area (Å²) in [5.74, 6) is -1.61. The number of H-pyrrole nitrogens is 3. The number of nitrogen functional groups attached to an aromatic ring is 3. The fourth-order valence-corrected chi connectivity index (χ4v) is 24.6. The molecule has 12 aliphatic rings. The van der Waals surface area contributed by atoms with Crippen molar-refractivity contribution in [1.82, 2.24) is 92.8 Å². The standard InChI is InChI=1S/C21H22F2N8O10P2S2.C21H23FN8O10P2S2.C20H21F2N9O10P2S2/c22-10-8-3-36-42(34,44)40-14-9(39-19(11(14)23)30-5-26-12-7(32)1-2-25-16(12)30)4-37-43(35,45)41-15(10)20(38-8)31-6-27-13-17(31)28-21(24)29-18(13)33;22-14-13-6-36-41(33,43)39-11-3-10(8-4-24-17-9(31)1-2-26-30(8)17)37-12(11)5-35-42(34,44)40-16(14)20(38-13)29-7-25-15-18(29)27-21(23)28-19(15)32;21-9-7-3-36-42(34,44)40-13-8(39-18(10(13)22)31-15-11(28-29-31)6(32)1-2-24-15)4-37-43(35,45)41-14(9)19(38-7)30-5-25-12-16(30)26-20(23)27-17(12)33/h2,5-6,8-11,14-15,19-20H,1,3-4H2,(H,34,44)(H,35,45)(H3,24,28,29,33);2,4,7,10-14,16,20H,1,3,5-6H2,(H,33,43)(H,34,44)(H3,23,27,28,32);2,5,7-10,13-14,18-19H,1,3-4H2,(H,34,44)(H,35,45)(H3,23,26,27,33)/t8-,9-,10+,11+,14-,15-,19-,20-,42?,43?;10-,11+,12-,13-,14-,16-,20-,41?,42?;7-,8-,9+,10+,13-,14-,18-,19-,42?,43?/m111/s1. The van der Waals surface area contributed by atoms with Gasteiger partial charge in [-0.1, -0.05) is 17.5 Å². The number of nitrogens with two attached hydrogens (primary N) is 3. The van der Waals surface area contributed by atoms with E-state index >= 15 is 22.0 Å². The van der Waals surface area contributed by atoms with Crippen LogP contribution in [0.5, 0.6) is 0 Å². The Balaban J connectivity index is 0.000000129. The number of carbonyl (C=O) groups excluding carboxylic acids is 3. The summed E-state index contributed by atoms with van der Waals surface area (Å²) in [6.07, 6.45) is -25.8. The molecule has 9 aromatic heterocycles. The zero-order valence-electron chi connectivity index (χ0n) is 66.7. The van der Waals surface area contributed by atoms with Crippen LogP contribution in [-0.2, 0) is 146 Å². The number of imidazole rings is 5. The average molecular weight is 2110 g/mol. The molecule has 21 heterocycles. The highest BCUT2D eigenvalue weighted by Crippen LogP contribution is 2.62. The number of fused-ring (bicyclic) bond motifs is 15. The molecule has 0 aliphatic carbocycles. The summed E-state index contributed by atoms with van der Waals surface area (Å²) in [7, 11) is 0. The fourth-order valence-electron chi connectivity index (χ4n) is 15.9. The van der Waals surface area contributed by atoms with Crippen LogP contribution in [0.25, 0.3) is 33.5 Å². The average Bonchev–Trinajstić information content (AvgIpc) is 1.62. The highest BCUT2D eigenvalue weighted by molar-refractivity contribution is 8.44. The summed E-state index contributed by atoms with van der Waals surface area (Å²) < 4.78 is 201. The van der Waals surface area contributed by atoms with Gasteiger partial charge < -0.3 is 97.2 Å². The number of Topliss-reactive ketones (excluding diaryl/α,β-unsaturated/α-hetero) is 3. The number of aromatic nitrogens is 19. The van der Waals surface area contributed by atoms with Crippen molar-refractivity contribution in [3.63, 3.8) is 0 Å². The van der Waals surface area contributed by atoms with Crippen LogP contribution in [0.15, 0.2) is 61.0 Å². The van der Waals surface area contributed by atoms with Crippen molar-refractivity contribution in [3.05, 3.63) is 85.5 Å². The molecule has 0 saturated carbocycles. The third-order valence-electron chi connectivity index (χ3n) is 21.9. The molecule has 55 nitrogen and oxygen atoms in total. The van der Waals surface area contributed by atoms with Crippen molar-refractivity contribution >= 4 is 211 Å². The number of hydrogen-bond donors (Lipinski definition) is 12. The number of nitrogens with one attached hydrogen (secondary N) is 3. The molecule has 720 valence electrons. The van der Waals surface area contributed by atoms with Crippen molar-refractivity contribution in [1.29, 1.82) is 0 Å². The third-order valence-corrected chi connectivity index (χ3v) is 31.4. The van der Waals surface area contributed by atoms with Crippen molar-refractivity contribution in [2.24, 2.45) is 15.1 Å². The van der Waals surface area contributed by atoms with Gasteiger partial charge in [0.2, 0.25) is 23.6 Å². The lowest BCUT2D eigenvalue weighted by Crippen LogP contribution is -2.34. The normalized spacial score (nSPS) is 38.4. The smallest absolute Gasteiger partial charge is 0.369 e. The van der Waals surface area contributed by atoms with Gasteiger partial charge in [0.25, 0.3) is 16.7 Å². The summed E-state index contributed by atoms with van der Waals surface area (Å²) in [6, 6.07) is 0. The molecule has 9 saturated heterocycles. The predicted molar refractivity (Wildman–Crippen MR) is 460 cm³/mol. The number of ether oxygens (including phenoxy) is 6. The zero-order valence-corrected chi connectivity index (χ0v) is 77.0. The van der Waals surface area contributed by atoms with Crippen LogP contribution in [0.3, 0.4) is 0 Å². The van der Waals surface area contributed by atoms with Gasteiger partial charge in [0.1, 0.15) is 73.2 Å². The molecule has 134 heavy (non-hydrogen) atoms. The van der Waals surface area contributed by atoms with E-state index in [4.69, 9.17) is 159 Å². The molecule has 12 aliphatic heterocycles. The number of carbonyl (C=O) groups is 3. The molecule has 9 fully saturated rings. The number of ketones is 3. The van der Waals surface area contributed by atoms with Crippen molar-refractivity contribution < 1.29 is 148 Å². The molecule has 6 bridgehead atoms. The first-order chi connectivity index (χ1) is 63.5. The molecule has 0 spiro atoms. The second kappa shape index (κ2) is 36.7. The van der Waals surface area contributed by atoms with Crippen LogP contribution < -0.4 is 33.9 Å². The quantitative estimate of drug-likeness (QED) is 0.0641. The Hall–Kier alpha value is -7.41. The summed E-state index contributed by atoms with van der Waals surface area (Å²) in [5.41, 5.74) is 14.7. The third kappa shape index (κ3) is 18.7. The van der Waals surface area contributed by atoms with Gasteiger partial charge in [-0.05, 0) is 59.0 Å². The van der Waals surface area contributed by atoms with Gasteiger partial charge in [-0.25, -0.2) is 66.1 Å². The van der Waals surface area contributed by atoms with E-state index in [0.717, 1.165) is 32.8 Å². The van der Waals surface area contributed by atoms with E-state index in [1.54, 1.807) is 0 Å². The lowest BCUT2D eigenvalue weighted by atomic mass is 10.1. The lowest BCUT2D eigenvalue weighted by Gasteiger charge is -2.27. The molecule has 14 N–H and O–H groups in total. The van der Waals surface area contributed by atoms with Crippen molar-refractivity contribution in [2.75, 3.05) is 56.8 Å². The maximum absolute atomic E-state index is 16.0. The first kappa shape index (κ1) is 95.5. The maximum Gasteiger partial charge on any atom is 0.386 e. The first-order valence-corrected chi connectivity index (χ1v) is 54.7. The maximum atomic E-state index is 16.0. The second-order valence-corrected chi connectivity index (χ2v) is 47.3. The molecular formula is C62H66F5N25O30P6S6. The zero-order chi connectivity index (χ0) is 94.6. The largest absolute Gasteiger partial charge is 0.386 e. The highest BCUT2D eigenvalue weighted by atomic mass is 32.7. The summed E-state index contributed by atoms with van der Waals surface area (Å²) in [6.45, 7) is -29.7. The molecule has 29 atom stereocenters. The predicted octanol–water partition coefficient (Wildman–Crippen LogP) is 1.77. The van der Waals surface area contributed by atoms with Gasteiger partial charge in [0.15, 0.2) is 136 Å². The van der Waals surface area contributed by atoms with Crippen LogP contribution in [0.2, 0.25) is 0 Å². The molecule has 9 aromatic rings. The van der Waals surface area contributed by atoms with E-state index < -0.39 is 244 Å². The molecule has 72 heteroatoms. The van der Waals surface area contributed by atoms with Gasteiger partial charge in [0.05, 0.1) is 89.4 Å². The highest BCUT2D eigenvalue weighted by Gasteiger charge is 2.59. The van der Waals surface area contributed by atoms with Crippen LogP contribution in [0.4, 0.5) is 51.4 Å². The number of anilines is 3. The Morgan fingerprint density at radius 2 is 0.821 bits per heavy atom. The summed E-state index contributed by atoms with van der Waals surface area (Å²) in [5, 5.41) is 11.8. The van der Waals surface area contributed by atoms with E-state index in [1.165, 1.54) is 45.0 Å². The molecule has 0 radical (unpaired) electrons. The lowest BCUT2D eigenvalue weighted by molar-refractivity contribution is -0.0621. The monoisotopic (exact) mass is 2110 g/mol. The van der Waals surface area contributed by atoms with E-state index in [1.807, 2.05) is 0 Å². The minimum atomic E-state index is -4.38. The Bertz CT molecular complexity index is 6580. The van der Waals surface area contributed by atoms with Crippen LogP contribution >= 0.6 is 52.6 Å². The van der Waals surface area contributed by atoms with Gasteiger partial charge in [-0.2, -0.15) is 24.7 Å². The van der Waals surface area contributed by atoms with E-state index in [-0.39, 0.29) is 117 Å². The molecule has 0 aromatic carbocycles. The molecule has 6 unspecified atom stereocenters. The van der Waals surface area contributed by atoms with Crippen LogP contribution in [0.1, 0.15) is 100 Å². The molecular weight excluding hydrogens is 2050 g/mol. The number of hydrogen-bond acceptors (Lipinski definition) is 46. The fraction of sp³-hybridized carbons (Fsp3) is 0.532. The van der Waals surface area contributed by atoms with Crippen LogP contribution in [-0.4, -0.2) is 297 Å². The topological polar surface area (TPSA) is 708 Å². The number of nitrogens with zero attached hydrogens (tertiary/aromatic N) is 19. The van der Waals surface area contributed by atoms with Gasteiger partial charge in [-0.15, -0.1) is 5.10 Å². The van der Waals surface area contributed by atoms with Crippen LogP contribution in [0, 0.1) is 0 Å². The molecule has 0 amide bonds. The Morgan fingerprint density at radius 1 is 0.425 bits per heavy atom. The number of rotatable bonds is 6. The van der Waals surface area contributed by atoms with Crippen molar-refractivity contribution in [2.45, 2.75) is 167 Å². The van der Waals surface area contributed by atoms with Crippen molar-refractivity contribution in [3.8, 4) is 0 Å².